The van der Waals surface area contributed by atoms with E-state index in [1.807, 2.05) is 19.1 Å². The number of fused-ring (bicyclic) bond motifs is 3. The molecule has 8 heteroatoms. The molecule has 2 aliphatic heterocycles. The van der Waals surface area contributed by atoms with E-state index < -0.39 is 17.7 Å². The highest BCUT2D eigenvalue weighted by Gasteiger charge is 2.48. The fourth-order valence-electron chi connectivity index (χ4n) is 4.73. The Morgan fingerprint density at radius 2 is 2.03 bits per heavy atom. The molecule has 1 saturated heterocycles. The van der Waals surface area contributed by atoms with Gasteiger partial charge in [-0.1, -0.05) is 12.1 Å². The lowest BCUT2D eigenvalue weighted by Crippen LogP contribution is -2.38. The molecule has 0 saturated carbocycles. The number of likely N-dealkylation sites (tertiary alicyclic amines) is 1. The van der Waals surface area contributed by atoms with Crippen molar-refractivity contribution in [3.63, 3.8) is 0 Å². The number of carbonyl (C=O) groups excluding carboxylic acids is 1. The number of amides is 2. The third-order valence-corrected chi connectivity index (χ3v) is 6.49. The van der Waals surface area contributed by atoms with Crippen LogP contribution in [-0.2, 0) is 0 Å². The zero-order valence-electron chi connectivity index (χ0n) is 18.9. The molecular weight excluding hydrogens is 440 g/mol. The number of carbonyl (C=O) groups is 1. The highest BCUT2D eigenvalue weighted by Crippen LogP contribution is 2.47. The Kier molecular flexibility index (Phi) is 5.81. The molecule has 2 aliphatic rings. The van der Waals surface area contributed by atoms with Crippen molar-refractivity contribution in [1.29, 1.82) is 0 Å². The molecule has 0 aliphatic carbocycles. The number of nitrogens with zero attached hydrogens (tertiary/aromatic N) is 2. The first-order valence-electron chi connectivity index (χ1n) is 11.2. The summed E-state index contributed by atoms with van der Waals surface area (Å²) in [6.07, 6.45) is 0. The van der Waals surface area contributed by atoms with Crippen LogP contribution >= 0.6 is 0 Å². The molecule has 0 spiro atoms. The van der Waals surface area contributed by atoms with E-state index in [2.05, 4.69) is 10.3 Å². The monoisotopic (exact) mass is 465 g/mol. The lowest BCUT2D eigenvalue weighted by atomic mass is 9.85. The summed E-state index contributed by atoms with van der Waals surface area (Å²) in [6, 6.07) is 13.7. The summed E-state index contributed by atoms with van der Waals surface area (Å²) in [4.78, 5) is 19.4. The molecule has 176 valence electrons. The zero-order valence-corrected chi connectivity index (χ0v) is 18.9. The van der Waals surface area contributed by atoms with Crippen molar-refractivity contribution in [3.05, 3.63) is 83.1 Å². The minimum Gasteiger partial charge on any atom is -0.493 e. The number of anilines is 1. The van der Waals surface area contributed by atoms with Gasteiger partial charge in [-0.05, 0) is 55.8 Å². The molecule has 3 aromatic rings. The van der Waals surface area contributed by atoms with Crippen LogP contribution in [-0.4, -0.2) is 35.7 Å². The molecule has 0 unspecified atom stereocenters. The van der Waals surface area contributed by atoms with Gasteiger partial charge in [0, 0.05) is 41.4 Å². The molecule has 1 aromatic heterocycles. The number of pyridine rings is 1. The van der Waals surface area contributed by atoms with Crippen molar-refractivity contribution >= 4 is 11.7 Å². The van der Waals surface area contributed by atoms with E-state index in [4.69, 9.17) is 9.47 Å². The largest absolute Gasteiger partial charge is 0.493 e. The van der Waals surface area contributed by atoms with Gasteiger partial charge < -0.3 is 19.7 Å². The van der Waals surface area contributed by atoms with E-state index in [9.17, 15) is 13.6 Å². The van der Waals surface area contributed by atoms with E-state index in [0.717, 1.165) is 5.69 Å². The maximum Gasteiger partial charge on any atom is 0.322 e. The fraction of sp³-hybridized carbons (Fsp3) is 0.308. The summed E-state index contributed by atoms with van der Waals surface area (Å²) in [5.41, 5.74) is 2.33. The molecule has 5 rings (SSSR count). The molecule has 0 bridgehead atoms. The van der Waals surface area contributed by atoms with Crippen LogP contribution in [0.4, 0.5) is 19.3 Å². The van der Waals surface area contributed by atoms with Crippen LogP contribution in [0.1, 0.15) is 22.9 Å². The summed E-state index contributed by atoms with van der Waals surface area (Å²) in [7, 11) is 0. The van der Waals surface area contributed by atoms with Crippen molar-refractivity contribution < 1.29 is 23.0 Å². The summed E-state index contributed by atoms with van der Waals surface area (Å²) in [6.45, 7) is 4.63. The SMILES string of the molecule is Cc1cccc(OC[C@@H]2CN(C(=O)Nc3ccc(C)c(F)c3)[C@H]3c4cc(F)ccc4OC[C@@H]23)n1. The normalized spacial score (nSPS) is 20.8. The Labute approximate surface area is 196 Å². The number of halogens is 2. The fourth-order valence-corrected chi connectivity index (χ4v) is 4.73. The minimum atomic E-state index is -0.396. The Morgan fingerprint density at radius 1 is 1.18 bits per heavy atom. The lowest BCUT2D eigenvalue weighted by Gasteiger charge is -2.34. The highest BCUT2D eigenvalue weighted by atomic mass is 19.1. The van der Waals surface area contributed by atoms with Gasteiger partial charge in [0.2, 0.25) is 5.88 Å². The molecule has 2 aromatic carbocycles. The van der Waals surface area contributed by atoms with E-state index in [-0.39, 0.29) is 17.9 Å². The summed E-state index contributed by atoms with van der Waals surface area (Å²) in [5.74, 6) is 0.116. The zero-order chi connectivity index (χ0) is 23.8. The van der Waals surface area contributed by atoms with Crippen LogP contribution in [0.15, 0.2) is 54.6 Å². The number of hydrogen-bond acceptors (Lipinski definition) is 4. The Balaban J connectivity index is 1.42. The van der Waals surface area contributed by atoms with Crippen molar-refractivity contribution in [2.75, 3.05) is 25.1 Å². The summed E-state index contributed by atoms with van der Waals surface area (Å²) < 4.78 is 40.1. The number of urea groups is 1. The molecule has 3 heterocycles. The van der Waals surface area contributed by atoms with Crippen LogP contribution in [0.2, 0.25) is 0 Å². The topological polar surface area (TPSA) is 63.7 Å². The van der Waals surface area contributed by atoms with Crippen LogP contribution in [0.5, 0.6) is 11.6 Å². The number of aromatic nitrogens is 1. The van der Waals surface area contributed by atoms with Gasteiger partial charge in [-0.25, -0.2) is 18.6 Å². The highest BCUT2D eigenvalue weighted by molar-refractivity contribution is 5.90. The van der Waals surface area contributed by atoms with E-state index in [1.54, 1.807) is 36.1 Å². The molecule has 3 atom stereocenters. The Bertz CT molecular complexity index is 1240. The van der Waals surface area contributed by atoms with Gasteiger partial charge in [0.1, 0.15) is 17.4 Å². The van der Waals surface area contributed by atoms with Crippen LogP contribution in [0.25, 0.3) is 0 Å². The number of nitrogens with one attached hydrogen (secondary N) is 1. The van der Waals surface area contributed by atoms with Crippen LogP contribution in [0.3, 0.4) is 0 Å². The second-order valence-electron chi connectivity index (χ2n) is 8.84. The quantitative estimate of drug-likeness (QED) is 0.570. The molecule has 1 N–H and O–H groups in total. The third kappa shape index (κ3) is 4.27. The van der Waals surface area contributed by atoms with Gasteiger partial charge in [0.25, 0.3) is 0 Å². The van der Waals surface area contributed by atoms with Crippen molar-refractivity contribution in [1.82, 2.24) is 9.88 Å². The number of benzene rings is 2. The van der Waals surface area contributed by atoms with Crippen molar-refractivity contribution in [2.45, 2.75) is 19.9 Å². The second kappa shape index (κ2) is 8.93. The average molecular weight is 466 g/mol. The molecule has 2 amide bonds. The summed E-state index contributed by atoms with van der Waals surface area (Å²) in [5, 5.41) is 2.79. The first-order valence-corrected chi connectivity index (χ1v) is 11.2. The Hall–Kier alpha value is -3.68. The number of rotatable bonds is 4. The molecule has 0 radical (unpaired) electrons. The lowest BCUT2D eigenvalue weighted by molar-refractivity contribution is 0.128. The third-order valence-electron chi connectivity index (χ3n) is 6.49. The van der Waals surface area contributed by atoms with Crippen molar-refractivity contribution in [3.8, 4) is 11.6 Å². The molecule has 34 heavy (non-hydrogen) atoms. The van der Waals surface area contributed by atoms with Gasteiger partial charge in [-0.3, -0.25) is 0 Å². The number of hydrogen-bond donors (Lipinski definition) is 1. The molecule has 1 fully saturated rings. The standard InChI is InChI=1S/C26H25F2N3O3/c1-15-6-8-19(11-22(15)28)30-26(32)31-12-17(13-34-24-5-3-4-16(2)29-24)21-14-33-23-9-7-18(27)10-20(23)25(21)31/h3-11,17,21,25H,12-14H2,1-2H3,(H,30,32)/t17-,21-,25-/m0/s1. The predicted octanol–water partition coefficient (Wildman–Crippen LogP) is 5.27. The van der Waals surface area contributed by atoms with Crippen LogP contribution in [0, 0.1) is 37.3 Å². The van der Waals surface area contributed by atoms with Crippen molar-refractivity contribution in [2.24, 2.45) is 11.8 Å². The maximum atomic E-state index is 14.2. The van der Waals surface area contributed by atoms with E-state index in [1.165, 1.54) is 18.2 Å². The average Bonchev–Trinajstić information content (AvgIpc) is 3.19. The summed E-state index contributed by atoms with van der Waals surface area (Å²) >= 11 is 0. The second-order valence-corrected chi connectivity index (χ2v) is 8.84. The minimum absolute atomic E-state index is 0.0655. The van der Waals surface area contributed by atoms with E-state index in [0.29, 0.717) is 48.2 Å². The van der Waals surface area contributed by atoms with Gasteiger partial charge in [-0.15, -0.1) is 0 Å². The van der Waals surface area contributed by atoms with Gasteiger partial charge in [0.15, 0.2) is 0 Å². The van der Waals surface area contributed by atoms with Gasteiger partial charge in [-0.2, -0.15) is 0 Å². The Morgan fingerprint density at radius 3 is 2.82 bits per heavy atom. The molecule has 6 nitrogen and oxygen atoms in total. The van der Waals surface area contributed by atoms with E-state index >= 15 is 0 Å². The first kappa shape index (κ1) is 22.1. The van der Waals surface area contributed by atoms with Crippen LogP contribution < -0.4 is 14.8 Å². The predicted molar refractivity (Wildman–Crippen MR) is 123 cm³/mol. The first-order chi connectivity index (χ1) is 16.4. The number of aryl methyl sites for hydroxylation is 2. The smallest absolute Gasteiger partial charge is 0.322 e. The van der Waals surface area contributed by atoms with Gasteiger partial charge >= 0.3 is 6.03 Å². The number of ether oxygens (including phenoxy) is 2. The maximum absolute atomic E-state index is 14.2. The molecular formula is C26H25F2N3O3. The van der Waals surface area contributed by atoms with Gasteiger partial charge in [0.05, 0.1) is 19.3 Å².